The van der Waals surface area contributed by atoms with Crippen LogP contribution in [-0.2, 0) is 11.3 Å². The molecule has 0 saturated carbocycles. The van der Waals surface area contributed by atoms with Gasteiger partial charge in [-0.05, 0) is 42.8 Å². The van der Waals surface area contributed by atoms with Gasteiger partial charge in [-0.15, -0.1) is 11.8 Å². The first-order valence-electron chi connectivity index (χ1n) is 7.55. The predicted octanol–water partition coefficient (Wildman–Crippen LogP) is 3.53. The lowest BCUT2D eigenvalue weighted by atomic mass is 10.1. The van der Waals surface area contributed by atoms with Crippen molar-refractivity contribution in [2.45, 2.75) is 23.6 Å². The molecule has 24 heavy (non-hydrogen) atoms. The van der Waals surface area contributed by atoms with Crippen LogP contribution in [0.3, 0.4) is 0 Å². The summed E-state index contributed by atoms with van der Waals surface area (Å²) in [5, 5.41) is 2.69. The number of carbonyl (C=O) groups excluding carboxylic acids is 2. The third-order valence-electron chi connectivity index (χ3n) is 3.84. The van der Waals surface area contributed by atoms with Crippen molar-refractivity contribution < 1.29 is 14.0 Å². The van der Waals surface area contributed by atoms with Gasteiger partial charge in [0.05, 0.1) is 10.9 Å². The number of thioether (sulfide) groups is 1. The molecule has 1 aliphatic heterocycles. The fraction of sp³-hybridized carbons (Fsp3) is 0.222. The normalized spacial score (nSPS) is 16.3. The first-order chi connectivity index (χ1) is 11.4. The van der Waals surface area contributed by atoms with E-state index in [0.29, 0.717) is 17.8 Å². The molecule has 4 nitrogen and oxygen atoms in total. The van der Waals surface area contributed by atoms with Gasteiger partial charge in [-0.25, -0.2) is 4.39 Å². The molecule has 0 bridgehead atoms. The first-order valence-corrected chi connectivity index (χ1v) is 8.43. The van der Waals surface area contributed by atoms with Crippen LogP contribution in [0, 0.1) is 5.82 Å². The highest BCUT2D eigenvalue weighted by Gasteiger charge is 2.24. The number of hydrogen-bond acceptors (Lipinski definition) is 3. The maximum absolute atomic E-state index is 13.0. The summed E-state index contributed by atoms with van der Waals surface area (Å²) in [4.78, 5) is 26.9. The van der Waals surface area contributed by atoms with E-state index in [9.17, 15) is 14.0 Å². The third kappa shape index (κ3) is 3.43. The molecule has 2 aromatic carbocycles. The minimum Gasteiger partial charge on any atom is -0.337 e. The second-order valence-electron chi connectivity index (χ2n) is 5.75. The lowest BCUT2D eigenvalue weighted by Gasteiger charge is -2.23. The topological polar surface area (TPSA) is 49.4 Å². The molecule has 1 heterocycles. The van der Waals surface area contributed by atoms with Crippen molar-refractivity contribution in [3.05, 3.63) is 59.4 Å². The molecule has 0 radical (unpaired) electrons. The van der Waals surface area contributed by atoms with E-state index >= 15 is 0 Å². The van der Waals surface area contributed by atoms with Gasteiger partial charge in [-0.1, -0.05) is 12.1 Å². The minimum atomic E-state index is -0.301. The quantitative estimate of drug-likeness (QED) is 0.927. The van der Waals surface area contributed by atoms with Crippen LogP contribution >= 0.6 is 11.8 Å². The molecule has 1 unspecified atom stereocenters. The number of amides is 2. The monoisotopic (exact) mass is 344 g/mol. The highest BCUT2D eigenvalue weighted by atomic mass is 32.2. The number of carbonyl (C=O) groups is 2. The Morgan fingerprint density at radius 3 is 2.67 bits per heavy atom. The van der Waals surface area contributed by atoms with Crippen LogP contribution in [-0.4, -0.2) is 29.0 Å². The summed E-state index contributed by atoms with van der Waals surface area (Å²) in [6.07, 6.45) is 0. The maximum Gasteiger partial charge on any atom is 0.253 e. The molecule has 0 spiro atoms. The SMILES string of the molecule is CC1Sc2ccc(C(=O)N(C)Cc3ccc(F)cc3)cc2NC1=O. The fourth-order valence-electron chi connectivity index (χ4n) is 2.50. The Bertz CT molecular complexity index is 792. The predicted molar refractivity (Wildman–Crippen MR) is 92.6 cm³/mol. The number of halogens is 1. The molecule has 2 aromatic rings. The summed E-state index contributed by atoms with van der Waals surface area (Å²) >= 11 is 1.48. The van der Waals surface area contributed by atoms with Crippen LogP contribution in [0.25, 0.3) is 0 Å². The van der Waals surface area contributed by atoms with Gasteiger partial charge in [0.15, 0.2) is 0 Å². The molecule has 6 heteroatoms. The summed E-state index contributed by atoms with van der Waals surface area (Å²) in [5.74, 6) is -0.512. The molecule has 1 N–H and O–H groups in total. The second kappa shape index (κ2) is 6.65. The van der Waals surface area contributed by atoms with E-state index < -0.39 is 0 Å². The van der Waals surface area contributed by atoms with Gasteiger partial charge in [-0.3, -0.25) is 9.59 Å². The van der Waals surface area contributed by atoms with Gasteiger partial charge in [-0.2, -0.15) is 0 Å². The first kappa shape index (κ1) is 16.5. The van der Waals surface area contributed by atoms with Gasteiger partial charge in [0.1, 0.15) is 5.82 Å². The van der Waals surface area contributed by atoms with E-state index in [2.05, 4.69) is 5.32 Å². The lowest BCUT2D eigenvalue weighted by Crippen LogP contribution is -2.28. The Hall–Kier alpha value is -2.34. The van der Waals surface area contributed by atoms with Gasteiger partial charge in [0.25, 0.3) is 5.91 Å². The number of hydrogen-bond donors (Lipinski definition) is 1. The van der Waals surface area contributed by atoms with Crippen LogP contribution < -0.4 is 5.32 Å². The Morgan fingerprint density at radius 1 is 1.25 bits per heavy atom. The highest BCUT2D eigenvalue weighted by Crippen LogP contribution is 2.36. The Labute approximate surface area is 144 Å². The molecule has 0 fully saturated rings. The summed E-state index contributed by atoms with van der Waals surface area (Å²) in [6, 6.07) is 11.4. The van der Waals surface area contributed by atoms with Gasteiger partial charge >= 0.3 is 0 Å². The molecule has 3 rings (SSSR count). The molecule has 1 atom stereocenters. The van der Waals surface area contributed by atoms with Crippen molar-refractivity contribution in [3.63, 3.8) is 0 Å². The van der Waals surface area contributed by atoms with Crippen molar-refractivity contribution in [2.24, 2.45) is 0 Å². The minimum absolute atomic E-state index is 0.0586. The van der Waals surface area contributed by atoms with Crippen LogP contribution in [0.15, 0.2) is 47.4 Å². The van der Waals surface area contributed by atoms with Crippen molar-refractivity contribution in [1.82, 2.24) is 4.90 Å². The number of fused-ring (bicyclic) bond motifs is 1. The van der Waals surface area contributed by atoms with E-state index in [1.807, 2.05) is 13.0 Å². The van der Waals surface area contributed by atoms with Crippen LogP contribution in [0.5, 0.6) is 0 Å². The average molecular weight is 344 g/mol. The molecule has 0 saturated heterocycles. The standard InChI is InChI=1S/C18H17FN2O2S/c1-11-17(22)20-15-9-13(5-8-16(15)24-11)18(23)21(2)10-12-3-6-14(19)7-4-12/h3-9,11H,10H2,1-2H3,(H,20,22). The third-order valence-corrected chi connectivity index (χ3v) is 5.01. The molecule has 1 aliphatic rings. The highest BCUT2D eigenvalue weighted by molar-refractivity contribution is 8.00. The smallest absolute Gasteiger partial charge is 0.253 e. The van der Waals surface area contributed by atoms with Crippen molar-refractivity contribution in [1.29, 1.82) is 0 Å². The van der Waals surface area contributed by atoms with E-state index in [1.54, 1.807) is 36.2 Å². The zero-order valence-corrected chi connectivity index (χ0v) is 14.2. The Kier molecular flexibility index (Phi) is 4.57. The van der Waals surface area contributed by atoms with Gasteiger partial charge in [0.2, 0.25) is 5.91 Å². The fourth-order valence-corrected chi connectivity index (χ4v) is 3.43. The molecule has 124 valence electrons. The van der Waals surface area contributed by atoms with Gasteiger partial charge < -0.3 is 10.2 Å². The van der Waals surface area contributed by atoms with E-state index in [-0.39, 0.29) is 22.9 Å². The van der Waals surface area contributed by atoms with E-state index in [0.717, 1.165) is 10.5 Å². The summed E-state index contributed by atoms with van der Waals surface area (Å²) in [5.41, 5.74) is 2.03. The molecule has 0 aliphatic carbocycles. The number of benzene rings is 2. The van der Waals surface area contributed by atoms with E-state index in [1.165, 1.54) is 23.9 Å². The molecule has 0 aromatic heterocycles. The van der Waals surface area contributed by atoms with Gasteiger partial charge in [0, 0.05) is 24.1 Å². The average Bonchev–Trinajstić information content (AvgIpc) is 2.57. The molecular formula is C18H17FN2O2S. The number of rotatable bonds is 3. The largest absolute Gasteiger partial charge is 0.337 e. The lowest BCUT2D eigenvalue weighted by molar-refractivity contribution is -0.115. The van der Waals surface area contributed by atoms with Crippen molar-refractivity contribution in [3.8, 4) is 0 Å². The molecular weight excluding hydrogens is 327 g/mol. The van der Waals surface area contributed by atoms with Crippen LogP contribution in [0.4, 0.5) is 10.1 Å². The van der Waals surface area contributed by atoms with Crippen molar-refractivity contribution >= 4 is 29.3 Å². The zero-order valence-electron chi connectivity index (χ0n) is 13.4. The van der Waals surface area contributed by atoms with Crippen molar-refractivity contribution in [2.75, 3.05) is 12.4 Å². The second-order valence-corrected chi connectivity index (χ2v) is 7.13. The Morgan fingerprint density at radius 2 is 1.96 bits per heavy atom. The molecule has 2 amide bonds. The maximum atomic E-state index is 13.0. The summed E-state index contributed by atoms with van der Waals surface area (Å²) < 4.78 is 13.0. The van der Waals surface area contributed by atoms with Crippen LogP contribution in [0.2, 0.25) is 0 Å². The summed E-state index contributed by atoms with van der Waals surface area (Å²) in [7, 11) is 1.69. The van der Waals surface area contributed by atoms with Crippen LogP contribution in [0.1, 0.15) is 22.8 Å². The zero-order chi connectivity index (χ0) is 17.3. The number of nitrogens with one attached hydrogen (secondary N) is 1. The van der Waals surface area contributed by atoms with E-state index in [4.69, 9.17) is 0 Å². The summed E-state index contributed by atoms with van der Waals surface area (Å²) in [6.45, 7) is 2.23. The number of anilines is 1. The number of nitrogens with zero attached hydrogens (tertiary/aromatic N) is 1. The Balaban J connectivity index is 1.76.